The fourth-order valence-corrected chi connectivity index (χ4v) is 7.71. The summed E-state index contributed by atoms with van der Waals surface area (Å²) in [6.07, 6.45) is -3.00. The summed E-state index contributed by atoms with van der Waals surface area (Å²) in [6.45, 7) is 5.00. The molecule has 0 saturated carbocycles. The van der Waals surface area contributed by atoms with E-state index in [9.17, 15) is 27.9 Å². The molecule has 3 atom stereocenters. The first kappa shape index (κ1) is 33.2. The molecule has 0 aliphatic carbocycles. The Morgan fingerprint density at radius 1 is 1.09 bits per heavy atom. The molecule has 1 aliphatic rings. The summed E-state index contributed by atoms with van der Waals surface area (Å²) in [4.78, 5) is 43.5. The standard InChI is InChI=1S/C33H36N4O7S2/c1-21(2)17-36(46(42,43)26-13-14-27-31(16-26)45-20-34-27)18-29(39)28(15-23-7-5-4-6-8-23)35-32(40)30-19-37(33(41)44-30)25-11-9-24(10-12-25)22(3)38/h4-14,16,20-21,28-30,39H,15,17-19H2,1-3H3,(H,35,40)/t28-,29+,30-/m0/s1. The number of carbonyl (C=O) groups excluding carboxylic acids is 3. The van der Waals surface area contributed by atoms with Crippen molar-refractivity contribution in [1.82, 2.24) is 14.6 Å². The number of anilines is 1. The first-order chi connectivity index (χ1) is 21.9. The lowest BCUT2D eigenvalue weighted by Crippen LogP contribution is -2.53. The van der Waals surface area contributed by atoms with Gasteiger partial charge in [0, 0.05) is 24.3 Å². The molecular formula is C33H36N4O7S2. The Kier molecular flexibility index (Phi) is 10.2. The van der Waals surface area contributed by atoms with Gasteiger partial charge < -0.3 is 15.2 Å². The number of aliphatic hydroxyl groups is 1. The Bertz CT molecular complexity index is 1810. The predicted octanol–water partition coefficient (Wildman–Crippen LogP) is 4.26. The normalized spacial score (nSPS) is 16.5. The van der Waals surface area contributed by atoms with Crippen molar-refractivity contribution in [3.63, 3.8) is 0 Å². The van der Waals surface area contributed by atoms with E-state index in [0.29, 0.717) is 16.8 Å². The SMILES string of the molecule is CC(=O)c1ccc(N2C[C@@H](C(=O)N[C@@H](Cc3ccccc3)[C@H](O)CN(CC(C)C)S(=O)(=O)c3ccc4ncsc4c3)OC2=O)cc1. The van der Waals surface area contributed by atoms with Gasteiger partial charge in [0.1, 0.15) is 0 Å². The zero-order valence-corrected chi connectivity index (χ0v) is 27.3. The quantitative estimate of drug-likeness (QED) is 0.202. The largest absolute Gasteiger partial charge is 0.434 e. The lowest BCUT2D eigenvalue weighted by Gasteiger charge is -2.31. The number of Topliss-reactive ketones (excluding diaryl/α,β-unsaturated/α-hetero) is 1. The van der Waals surface area contributed by atoms with E-state index in [1.807, 2.05) is 44.2 Å². The van der Waals surface area contributed by atoms with Gasteiger partial charge in [-0.3, -0.25) is 14.5 Å². The van der Waals surface area contributed by atoms with Crippen LogP contribution in [-0.2, 0) is 26.0 Å². The van der Waals surface area contributed by atoms with Gasteiger partial charge in [-0.25, -0.2) is 18.2 Å². The van der Waals surface area contributed by atoms with Gasteiger partial charge in [0.2, 0.25) is 10.0 Å². The number of fused-ring (bicyclic) bond motifs is 1. The maximum Gasteiger partial charge on any atom is 0.415 e. The average molecular weight is 665 g/mol. The van der Waals surface area contributed by atoms with Crippen LogP contribution in [-0.4, -0.2) is 78.5 Å². The van der Waals surface area contributed by atoms with Crippen LogP contribution in [0, 0.1) is 5.92 Å². The van der Waals surface area contributed by atoms with Crippen molar-refractivity contribution in [2.24, 2.45) is 5.92 Å². The van der Waals surface area contributed by atoms with Crippen LogP contribution in [0.2, 0.25) is 0 Å². The number of sulfonamides is 1. The molecule has 0 spiro atoms. The second kappa shape index (κ2) is 14.1. The van der Waals surface area contributed by atoms with E-state index in [4.69, 9.17) is 4.74 Å². The van der Waals surface area contributed by atoms with E-state index < -0.39 is 40.3 Å². The number of carbonyl (C=O) groups is 3. The number of benzene rings is 3. The molecule has 2 amide bonds. The maximum atomic E-state index is 13.9. The molecule has 2 N–H and O–H groups in total. The molecule has 2 heterocycles. The van der Waals surface area contributed by atoms with E-state index in [-0.39, 0.29) is 42.7 Å². The fraction of sp³-hybridized carbons (Fsp3) is 0.333. The van der Waals surface area contributed by atoms with Gasteiger partial charge in [-0.2, -0.15) is 4.31 Å². The monoisotopic (exact) mass is 664 g/mol. The molecule has 1 fully saturated rings. The van der Waals surface area contributed by atoms with Gasteiger partial charge in [0.15, 0.2) is 11.9 Å². The lowest BCUT2D eigenvalue weighted by atomic mass is 10.0. The van der Waals surface area contributed by atoms with Gasteiger partial charge in [0.05, 0.1) is 39.3 Å². The molecule has 0 bridgehead atoms. The third-order valence-electron chi connectivity index (χ3n) is 7.68. The van der Waals surface area contributed by atoms with Crippen molar-refractivity contribution in [3.8, 4) is 0 Å². The van der Waals surface area contributed by atoms with Gasteiger partial charge in [-0.1, -0.05) is 44.2 Å². The van der Waals surface area contributed by atoms with Gasteiger partial charge >= 0.3 is 6.09 Å². The summed E-state index contributed by atoms with van der Waals surface area (Å²) in [5, 5.41) is 14.4. The first-order valence-corrected chi connectivity index (χ1v) is 17.2. The van der Waals surface area contributed by atoms with Crippen LogP contribution in [0.4, 0.5) is 10.5 Å². The Hall–Kier alpha value is -4.17. The van der Waals surface area contributed by atoms with Crippen LogP contribution in [0.25, 0.3) is 10.2 Å². The highest BCUT2D eigenvalue weighted by atomic mass is 32.2. The minimum atomic E-state index is -4.02. The lowest BCUT2D eigenvalue weighted by molar-refractivity contribution is -0.129. The smallest absolute Gasteiger partial charge is 0.415 e. The van der Waals surface area contributed by atoms with Crippen LogP contribution in [0.1, 0.15) is 36.7 Å². The van der Waals surface area contributed by atoms with Crippen molar-refractivity contribution in [2.45, 2.75) is 50.3 Å². The summed E-state index contributed by atoms with van der Waals surface area (Å²) in [5.41, 5.74) is 4.12. The van der Waals surface area contributed by atoms with Gasteiger partial charge in [-0.05, 0) is 67.3 Å². The number of amides is 2. The third kappa shape index (κ3) is 7.61. The molecule has 1 aromatic heterocycles. The Morgan fingerprint density at radius 2 is 1.80 bits per heavy atom. The molecule has 11 nitrogen and oxygen atoms in total. The van der Waals surface area contributed by atoms with Crippen LogP contribution in [0.3, 0.4) is 0 Å². The first-order valence-electron chi connectivity index (χ1n) is 14.9. The number of nitrogens with zero attached hydrogens (tertiary/aromatic N) is 3. The van der Waals surface area contributed by atoms with E-state index in [1.165, 1.54) is 33.5 Å². The highest BCUT2D eigenvalue weighted by Crippen LogP contribution is 2.26. The van der Waals surface area contributed by atoms with Crippen molar-refractivity contribution in [1.29, 1.82) is 0 Å². The van der Waals surface area contributed by atoms with Crippen molar-refractivity contribution in [2.75, 3.05) is 24.5 Å². The number of cyclic esters (lactones) is 1. The number of aromatic nitrogens is 1. The van der Waals surface area contributed by atoms with E-state index in [1.54, 1.807) is 41.9 Å². The van der Waals surface area contributed by atoms with Crippen LogP contribution in [0.15, 0.2) is 83.2 Å². The molecule has 0 unspecified atom stereocenters. The molecule has 4 aromatic rings. The van der Waals surface area contributed by atoms with Crippen molar-refractivity contribution < 1.29 is 32.6 Å². The fourth-order valence-electron chi connectivity index (χ4n) is 5.27. The zero-order chi connectivity index (χ0) is 33.0. The second-order valence-corrected chi connectivity index (χ2v) is 14.5. The number of hydrogen-bond donors (Lipinski definition) is 2. The molecule has 5 rings (SSSR count). The Morgan fingerprint density at radius 3 is 2.48 bits per heavy atom. The van der Waals surface area contributed by atoms with Crippen LogP contribution in [0.5, 0.6) is 0 Å². The molecular weight excluding hydrogens is 629 g/mol. The van der Waals surface area contributed by atoms with E-state index >= 15 is 0 Å². The topological polar surface area (TPSA) is 146 Å². The molecule has 0 radical (unpaired) electrons. The zero-order valence-electron chi connectivity index (χ0n) is 25.7. The van der Waals surface area contributed by atoms with Crippen molar-refractivity contribution in [3.05, 3.63) is 89.4 Å². The molecule has 46 heavy (non-hydrogen) atoms. The summed E-state index contributed by atoms with van der Waals surface area (Å²) in [5.74, 6) is -0.786. The number of thiazole rings is 1. The minimum absolute atomic E-state index is 0.0512. The number of hydrogen-bond acceptors (Lipinski definition) is 9. The molecule has 3 aromatic carbocycles. The molecule has 13 heteroatoms. The average Bonchev–Trinajstić information content (AvgIpc) is 3.67. The third-order valence-corrected chi connectivity index (χ3v) is 10.3. The summed E-state index contributed by atoms with van der Waals surface area (Å²) < 4.78 is 35.1. The highest BCUT2D eigenvalue weighted by Gasteiger charge is 2.39. The Labute approximate surface area is 271 Å². The summed E-state index contributed by atoms with van der Waals surface area (Å²) in [7, 11) is -4.02. The van der Waals surface area contributed by atoms with Crippen molar-refractivity contribution >= 4 is 55.0 Å². The number of rotatable bonds is 13. The van der Waals surface area contributed by atoms with Gasteiger partial charge in [0.25, 0.3) is 5.91 Å². The number of aliphatic hydroxyl groups excluding tert-OH is 1. The van der Waals surface area contributed by atoms with E-state index in [0.717, 1.165) is 10.3 Å². The van der Waals surface area contributed by atoms with Crippen LogP contribution < -0.4 is 10.2 Å². The minimum Gasteiger partial charge on any atom is -0.434 e. The summed E-state index contributed by atoms with van der Waals surface area (Å²) in [6, 6.07) is 19.5. The number of ether oxygens (including phenoxy) is 1. The summed E-state index contributed by atoms with van der Waals surface area (Å²) >= 11 is 1.34. The Balaban J connectivity index is 1.35. The molecule has 1 aliphatic heterocycles. The number of ketones is 1. The second-order valence-electron chi connectivity index (χ2n) is 11.7. The molecule has 1 saturated heterocycles. The van der Waals surface area contributed by atoms with Gasteiger partial charge in [-0.15, -0.1) is 11.3 Å². The highest BCUT2D eigenvalue weighted by molar-refractivity contribution is 7.89. The predicted molar refractivity (Wildman–Crippen MR) is 175 cm³/mol. The maximum absolute atomic E-state index is 13.9. The number of nitrogens with one attached hydrogen (secondary N) is 1. The molecule has 242 valence electrons. The van der Waals surface area contributed by atoms with E-state index in [2.05, 4.69) is 10.3 Å². The van der Waals surface area contributed by atoms with Crippen LogP contribution >= 0.6 is 11.3 Å².